The average molecular weight is 418 g/mol. The summed E-state index contributed by atoms with van der Waals surface area (Å²) >= 11 is 0. The zero-order chi connectivity index (χ0) is 21.9. The summed E-state index contributed by atoms with van der Waals surface area (Å²) in [4.78, 5) is 15.7. The molecule has 2 heteroatoms. The lowest BCUT2D eigenvalue weighted by molar-refractivity contribution is -0.134. The summed E-state index contributed by atoms with van der Waals surface area (Å²) in [6.07, 6.45) is 5.51. The van der Waals surface area contributed by atoms with Gasteiger partial charge in [0.1, 0.15) is 0 Å². The second-order valence-corrected chi connectivity index (χ2v) is 8.88. The lowest BCUT2D eigenvalue weighted by Gasteiger charge is -2.29. The molecule has 1 saturated heterocycles. The van der Waals surface area contributed by atoms with Crippen molar-refractivity contribution in [2.24, 2.45) is 17.8 Å². The lowest BCUT2D eigenvalue weighted by Crippen LogP contribution is -2.30. The van der Waals surface area contributed by atoms with Gasteiger partial charge >= 0.3 is 0 Å². The number of allylic oxidation sites excluding steroid dienone is 1. The Hall–Kier alpha value is -3.57. The zero-order valence-electron chi connectivity index (χ0n) is 18.3. The third-order valence-electron chi connectivity index (χ3n) is 6.71. The molecule has 0 aromatic heterocycles. The number of hydrogen-bond donors (Lipinski definition) is 0. The minimum absolute atomic E-state index is 0.0326. The third-order valence-corrected chi connectivity index (χ3v) is 6.71. The number of nitrogens with zero attached hydrogens (tertiary/aromatic N) is 1. The Morgan fingerprint density at radius 3 is 2.34 bits per heavy atom. The fourth-order valence-corrected chi connectivity index (χ4v) is 5.17. The van der Waals surface area contributed by atoms with Gasteiger partial charge in [0, 0.05) is 29.5 Å². The molecule has 1 aliphatic heterocycles. The number of rotatable bonds is 3. The molecule has 1 aliphatic carbocycles. The Labute approximate surface area is 190 Å². The summed E-state index contributed by atoms with van der Waals surface area (Å²) in [5.41, 5.74) is 4.32. The molecule has 0 spiro atoms. The zero-order valence-corrected chi connectivity index (χ0v) is 18.3. The molecule has 0 unspecified atom stereocenters. The Kier molecular flexibility index (Phi) is 5.65. The highest BCUT2D eigenvalue weighted by molar-refractivity contribution is 5.83. The molecule has 2 aliphatic rings. The number of benzene rings is 3. The van der Waals surface area contributed by atoms with Gasteiger partial charge in [-0.25, -0.2) is 0 Å². The Bertz CT molecular complexity index is 1190. The van der Waals surface area contributed by atoms with Gasteiger partial charge in [-0.1, -0.05) is 91.6 Å². The predicted molar refractivity (Wildman–Crippen MR) is 128 cm³/mol. The monoisotopic (exact) mass is 417 g/mol. The summed E-state index contributed by atoms with van der Waals surface area (Å²) in [6, 6.07) is 28.8. The minimum Gasteiger partial charge on any atom is -0.330 e. The molecule has 4 atom stereocenters. The summed E-state index contributed by atoms with van der Waals surface area (Å²) in [6.45, 7) is 2.85. The van der Waals surface area contributed by atoms with Crippen molar-refractivity contribution in [3.8, 4) is 11.8 Å². The van der Waals surface area contributed by atoms with Crippen molar-refractivity contribution >= 4 is 5.91 Å². The molecular formula is C30H27NO. The highest BCUT2D eigenvalue weighted by Gasteiger charge is 2.50. The van der Waals surface area contributed by atoms with Crippen LogP contribution in [0.5, 0.6) is 0 Å². The SMILES string of the molecule is C[C@@H]1CC=C[C@H]2[C@H]1C(=O)N(Cc1ccccc1)[C@H]2c1cccc(C#Cc2ccccc2)c1. The van der Waals surface area contributed by atoms with Crippen molar-refractivity contribution in [3.05, 3.63) is 119 Å². The van der Waals surface area contributed by atoms with Gasteiger partial charge in [0.25, 0.3) is 0 Å². The van der Waals surface area contributed by atoms with E-state index in [1.807, 2.05) is 48.5 Å². The second kappa shape index (κ2) is 8.89. The van der Waals surface area contributed by atoms with Gasteiger partial charge in [-0.05, 0) is 47.7 Å². The van der Waals surface area contributed by atoms with Gasteiger partial charge in [0.2, 0.25) is 5.91 Å². The fourth-order valence-electron chi connectivity index (χ4n) is 5.17. The number of carbonyl (C=O) groups excluding carboxylic acids is 1. The van der Waals surface area contributed by atoms with E-state index in [4.69, 9.17) is 0 Å². The van der Waals surface area contributed by atoms with E-state index in [9.17, 15) is 4.79 Å². The highest BCUT2D eigenvalue weighted by atomic mass is 16.2. The van der Waals surface area contributed by atoms with Crippen molar-refractivity contribution < 1.29 is 4.79 Å². The van der Waals surface area contributed by atoms with E-state index in [0.717, 1.165) is 17.5 Å². The van der Waals surface area contributed by atoms with Gasteiger partial charge in [0.15, 0.2) is 0 Å². The molecule has 3 aromatic carbocycles. The standard InChI is InChI=1S/C30H27NO/c1-22-10-8-17-27-28(22)30(32)31(21-25-13-6-3-7-14-25)29(27)26-16-9-15-24(20-26)19-18-23-11-4-2-5-12-23/h2-9,11-17,20,22,27-29H,10,21H2,1H3/t22-,27+,28+,29+/m1/s1. The summed E-state index contributed by atoms with van der Waals surface area (Å²) in [5.74, 6) is 7.46. The predicted octanol–water partition coefficient (Wildman–Crippen LogP) is 6.00. The van der Waals surface area contributed by atoms with E-state index in [1.54, 1.807) is 0 Å². The van der Waals surface area contributed by atoms with Crippen molar-refractivity contribution in [2.45, 2.75) is 25.9 Å². The van der Waals surface area contributed by atoms with Crippen molar-refractivity contribution in [2.75, 3.05) is 0 Å². The Balaban J connectivity index is 1.52. The third kappa shape index (κ3) is 3.99. The van der Waals surface area contributed by atoms with Gasteiger partial charge in [-0.2, -0.15) is 0 Å². The molecule has 3 aromatic rings. The minimum atomic E-state index is 0.0326. The summed E-state index contributed by atoms with van der Waals surface area (Å²) in [7, 11) is 0. The fraction of sp³-hybridized carbons (Fsp3) is 0.233. The summed E-state index contributed by atoms with van der Waals surface area (Å²) in [5, 5.41) is 0. The van der Waals surface area contributed by atoms with E-state index in [0.29, 0.717) is 12.5 Å². The molecule has 158 valence electrons. The van der Waals surface area contributed by atoms with Crippen LogP contribution in [0.15, 0.2) is 97.1 Å². The van der Waals surface area contributed by atoms with E-state index < -0.39 is 0 Å². The molecule has 1 fully saturated rings. The van der Waals surface area contributed by atoms with Crippen molar-refractivity contribution in [1.29, 1.82) is 0 Å². The molecule has 2 nitrogen and oxygen atoms in total. The number of fused-ring (bicyclic) bond motifs is 1. The van der Waals surface area contributed by atoms with Crippen LogP contribution in [-0.2, 0) is 11.3 Å². The van der Waals surface area contributed by atoms with E-state index in [2.05, 4.69) is 72.2 Å². The molecule has 0 N–H and O–H groups in total. The quantitative estimate of drug-likeness (QED) is 0.378. The first-order valence-electron chi connectivity index (χ1n) is 11.4. The van der Waals surface area contributed by atoms with Crippen LogP contribution < -0.4 is 0 Å². The van der Waals surface area contributed by atoms with Crippen LogP contribution in [0.4, 0.5) is 0 Å². The van der Waals surface area contributed by atoms with Gasteiger partial charge in [0.05, 0.1) is 6.04 Å². The van der Waals surface area contributed by atoms with Crippen LogP contribution >= 0.6 is 0 Å². The second-order valence-electron chi connectivity index (χ2n) is 8.88. The first kappa shape index (κ1) is 20.3. The van der Waals surface area contributed by atoms with Crippen molar-refractivity contribution in [1.82, 2.24) is 4.90 Å². The van der Waals surface area contributed by atoms with E-state index in [1.165, 1.54) is 11.1 Å². The molecule has 1 heterocycles. The van der Waals surface area contributed by atoms with Crippen LogP contribution in [0.2, 0.25) is 0 Å². The number of likely N-dealkylation sites (tertiary alicyclic amines) is 1. The van der Waals surface area contributed by atoms with E-state index >= 15 is 0 Å². The van der Waals surface area contributed by atoms with Crippen LogP contribution in [-0.4, -0.2) is 10.8 Å². The molecule has 0 saturated carbocycles. The van der Waals surface area contributed by atoms with Gasteiger partial charge < -0.3 is 4.90 Å². The molecule has 0 bridgehead atoms. The topological polar surface area (TPSA) is 20.3 Å². The van der Waals surface area contributed by atoms with Gasteiger partial charge in [-0.3, -0.25) is 4.79 Å². The smallest absolute Gasteiger partial charge is 0.227 e. The number of carbonyl (C=O) groups is 1. The molecule has 1 amide bonds. The molecule has 5 rings (SSSR count). The number of hydrogen-bond acceptors (Lipinski definition) is 1. The van der Waals surface area contributed by atoms with Gasteiger partial charge in [-0.15, -0.1) is 0 Å². The normalized spacial score (nSPS) is 24.0. The van der Waals surface area contributed by atoms with Crippen LogP contribution in [0, 0.1) is 29.6 Å². The molecular weight excluding hydrogens is 390 g/mol. The van der Waals surface area contributed by atoms with E-state index in [-0.39, 0.29) is 23.8 Å². The van der Waals surface area contributed by atoms with Crippen LogP contribution in [0.3, 0.4) is 0 Å². The van der Waals surface area contributed by atoms with Crippen LogP contribution in [0.25, 0.3) is 0 Å². The van der Waals surface area contributed by atoms with Crippen LogP contribution in [0.1, 0.15) is 41.6 Å². The molecule has 32 heavy (non-hydrogen) atoms. The number of amides is 1. The maximum atomic E-state index is 13.6. The lowest BCUT2D eigenvalue weighted by atomic mass is 9.75. The Morgan fingerprint density at radius 2 is 1.56 bits per heavy atom. The Morgan fingerprint density at radius 1 is 0.875 bits per heavy atom. The largest absolute Gasteiger partial charge is 0.330 e. The first-order valence-corrected chi connectivity index (χ1v) is 11.4. The van der Waals surface area contributed by atoms with Crippen molar-refractivity contribution in [3.63, 3.8) is 0 Å². The highest BCUT2D eigenvalue weighted by Crippen LogP contribution is 2.48. The average Bonchev–Trinajstić information content (AvgIpc) is 3.11. The first-order chi connectivity index (χ1) is 15.7. The summed E-state index contributed by atoms with van der Waals surface area (Å²) < 4.78 is 0. The maximum absolute atomic E-state index is 13.6. The molecule has 0 radical (unpaired) electrons. The maximum Gasteiger partial charge on any atom is 0.227 e.